The van der Waals surface area contributed by atoms with Gasteiger partial charge in [-0.2, -0.15) is 0 Å². The van der Waals surface area contributed by atoms with Gasteiger partial charge in [0.05, 0.1) is 30.9 Å². The van der Waals surface area contributed by atoms with Crippen LogP contribution in [0, 0.1) is 5.82 Å². The number of piperazine rings is 1. The van der Waals surface area contributed by atoms with Crippen molar-refractivity contribution in [2.75, 3.05) is 45.2 Å². The number of rotatable bonds is 5. The van der Waals surface area contributed by atoms with Crippen LogP contribution in [0.25, 0.3) is 0 Å². The molecule has 0 saturated carbocycles. The number of nitrogens with zero attached hydrogens (tertiary/aromatic N) is 2. The summed E-state index contributed by atoms with van der Waals surface area (Å²) in [6.45, 7) is 2.88. The van der Waals surface area contributed by atoms with E-state index in [1.54, 1.807) is 12.1 Å². The molecular weight excluding hydrogens is 379 g/mol. The second-order valence-corrected chi connectivity index (χ2v) is 7.63. The van der Waals surface area contributed by atoms with Gasteiger partial charge < -0.3 is 30.3 Å². The largest absolute Gasteiger partial charge is 0.394 e. The van der Waals surface area contributed by atoms with Gasteiger partial charge in [0.1, 0.15) is 11.9 Å². The fourth-order valence-electron chi connectivity index (χ4n) is 3.72. The number of amides is 3. The van der Waals surface area contributed by atoms with Gasteiger partial charge >= 0.3 is 6.03 Å². The highest BCUT2D eigenvalue weighted by Gasteiger charge is 2.34. The quantitative estimate of drug-likeness (QED) is 0.676. The van der Waals surface area contributed by atoms with E-state index >= 15 is 0 Å². The number of ether oxygens (including phenoxy) is 1. The van der Waals surface area contributed by atoms with Crippen molar-refractivity contribution in [1.82, 2.24) is 15.1 Å². The van der Waals surface area contributed by atoms with Crippen molar-refractivity contribution in [2.45, 2.75) is 37.5 Å². The van der Waals surface area contributed by atoms with Gasteiger partial charge in [-0.15, -0.1) is 0 Å². The molecule has 9 heteroatoms. The van der Waals surface area contributed by atoms with Gasteiger partial charge in [0.2, 0.25) is 5.91 Å². The molecule has 0 radical (unpaired) electrons. The average Bonchev–Trinajstić information content (AvgIpc) is 2.71. The molecule has 0 spiro atoms. The van der Waals surface area contributed by atoms with Crippen LogP contribution in [-0.2, 0) is 9.53 Å². The van der Waals surface area contributed by atoms with E-state index in [0.717, 1.165) is 13.1 Å². The Bertz CT molecular complexity index is 711. The molecule has 2 fully saturated rings. The van der Waals surface area contributed by atoms with Crippen LogP contribution in [-0.4, -0.2) is 84.9 Å². The summed E-state index contributed by atoms with van der Waals surface area (Å²) in [7, 11) is 2.04. The van der Waals surface area contributed by atoms with Crippen LogP contribution in [0.3, 0.4) is 0 Å². The number of para-hydroxylation sites is 1. The van der Waals surface area contributed by atoms with Gasteiger partial charge in [-0.1, -0.05) is 12.1 Å². The number of anilines is 1. The summed E-state index contributed by atoms with van der Waals surface area (Å²) >= 11 is 0. The minimum Gasteiger partial charge on any atom is -0.394 e. The predicted molar refractivity (Wildman–Crippen MR) is 106 cm³/mol. The first-order chi connectivity index (χ1) is 14.0. The number of hydrogen-bond acceptors (Lipinski definition) is 5. The summed E-state index contributed by atoms with van der Waals surface area (Å²) in [6.07, 6.45) is 0.540. The molecule has 0 unspecified atom stereocenters. The fourth-order valence-corrected chi connectivity index (χ4v) is 3.72. The fraction of sp³-hybridized carbons (Fsp3) is 0.600. The van der Waals surface area contributed by atoms with E-state index in [0.29, 0.717) is 25.9 Å². The lowest BCUT2D eigenvalue weighted by molar-refractivity contribution is -0.141. The number of carbonyl (C=O) groups is 2. The van der Waals surface area contributed by atoms with E-state index < -0.39 is 24.0 Å². The summed E-state index contributed by atoms with van der Waals surface area (Å²) in [6, 6.07) is 4.92. The number of hydrogen-bond donors (Lipinski definition) is 3. The summed E-state index contributed by atoms with van der Waals surface area (Å²) in [5.41, 5.74) is 0.0814. The molecular formula is C20H29FN4O4. The zero-order valence-corrected chi connectivity index (χ0v) is 16.6. The third-order valence-electron chi connectivity index (χ3n) is 5.49. The van der Waals surface area contributed by atoms with Crippen LogP contribution in [0.1, 0.15) is 19.3 Å². The van der Waals surface area contributed by atoms with Crippen LogP contribution < -0.4 is 10.6 Å². The molecule has 2 saturated heterocycles. The molecule has 1 aromatic carbocycles. The Labute approximate surface area is 170 Å². The highest BCUT2D eigenvalue weighted by atomic mass is 19.1. The van der Waals surface area contributed by atoms with Crippen molar-refractivity contribution in [3.63, 3.8) is 0 Å². The normalized spacial score (nSPS) is 25.5. The van der Waals surface area contributed by atoms with Gasteiger partial charge in [0, 0.05) is 26.2 Å². The first-order valence-electron chi connectivity index (χ1n) is 10.0. The molecule has 2 aliphatic heterocycles. The first kappa shape index (κ1) is 21.5. The number of aliphatic hydroxyl groups is 1. The predicted octanol–water partition coefficient (Wildman–Crippen LogP) is 1.02. The Hall–Kier alpha value is -2.23. The highest BCUT2D eigenvalue weighted by Crippen LogP contribution is 2.23. The van der Waals surface area contributed by atoms with Gasteiger partial charge in [-0.3, -0.25) is 4.79 Å². The lowest BCUT2D eigenvalue weighted by Crippen LogP contribution is -2.53. The SMILES string of the molecule is CN1CCN(C(=O)C[C@H]2CC[C@H](NC(=O)Nc3ccccc3F)[C@@H](CO)O2)CC1. The van der Waals surface area contributed by atoms with Crippen molar-refractivity contribution < 1.29 is 23.8 Å². The van der Waals surface area contributed by atoms with Crippen molar-refractivity contribution >= 4 is 17.6 Å². The zero-order chi connectivity index (χ0) is 20.8. The minimum atomic E-state index is -0.611. The van der Waals surface area contributed by atoms with Crippen LogP contribution in [0.4, 0.5) is 14.9 Å². The highest BCUT2D eigenvalue weighted by molar-refractivity contribution is 5.89. The molecule has 1 aromatic rings. The molecule has 2 aliphatic rings. The van der Waals surface area contributed by atoms with Crippen LogP contribution in [0.15, 0.2) is 24.3 Å². The number of aliphatic hydroxyl groups excluding tert-OH is 1. The first-order valence-corrected chi connectivity index (χ1v) is 10.0. The molecule has 160 valence electrons. The van der Waals surface area contributed by atoms with Crippen molar-refractivity contribution in [1.29, 1.82) is 0 Å². The molecule has 3 atom stereocenters. The minimum absolute atomic E-state index is 0.0588. The van der Waals surface area contributed by atoms with Gasteiger partial charge in [-0.05, 0) is 32.0 Å². The monoisotopic (exact) mass is 408 g/mol. The number of benzene rings is 1. The average molecular weight is 408 g/mol. The van der Waals surface area contributed by atoms with Crippen molar-refractivity contribution in [2.24, 2.45) is 0 Å². The molecule has 29 heavy (non-hydrogen) atoms. The molecule has 3 amide bonds. The van der Waals surface area contributed by atoms with Crippen LogP contribution in [0.5, 0.6) is 0 Å². The van der Waals surface area contributed by atoms with Crippen LogP contribution in [0.2, 0.25) is 0 Å². The molecule has 0 bridgehead atoms. The topological polar surface area (TPSA) is 94.1 Å². The summed E-state index contributed by atoms with van der Waals surface area (Å²) in [5, 5.41) is 14.9. The van der Waals surface area contributed by atoms with E-state index in [2.05, 4.69) is 15.5 Å². The second-order valence-electron chi connectivity index (χ2n) is 7.63. The van der Waals surface area contributed by atoms with E-state index in [4.69, 9.17) is 4.74 Å². The van der Waals surface area contributed by atoms with E-state index in [1.807, 2.05) is 11.9 Å². The van der Waals surface area contributed by atoms with Gasteiger partial charge in [-0.25, -0.2) is 9.18 Å². The second kappa shape index (κ2) is 10.00. The molecule has 0 aliphatic carbocycles. The lowest BCUT2D eigenvalue weighted by atomic mass is 9.97. The van der Waals surface area contributed by atoms with Crippen LogP contribution >= 0.6 is 0 Å². The lowest BCUT2D eigenvalue weighted by Gasteiger charge is -2.37. The molecule has 8 nitrogen and oxygen atoms in total. The third kappa shape index (κ3) is 5.88. The Morgan fingerprint density at radius 1 is 1.21 bits per heavy atom. The summed E-state index contributed by atoms with van der Waals surface area (Å²) in [5.74, 6) is -0.466. The van der Waals surface area contributed by atoms with Crippen molar-refractivity contribution in [3.05, 3.63) is 30.1 Å². The third-order valence-corrected chi connectivity index (χ3v) is 5.49. The zero-order valence-electron chi connectivity index (χ0n) is 16.6. The number of nitrogens with one attached hydrogen (secondary N) is 2. The van der Waals surface area contributed by atoms with Crippen molar-refractivity contribution in [3.8, 4) is 0 Å². The Kier molecular flexibility index (Phi) is 7.40. The molecule has 2 heterocycles. The molecule has 3 rings (SSSR count). The molecule has 3 N–H and O–H groups in total. The smallest absolute Gasteiger partial charge is 0.319 e. The summed E-state index contributed by atoms with van der Waals surface area (Å²) in [4.78, 5) is 28.7. The number of halogens is 1. The van der Waals surface area contributed by atoms with Gasteiger partial charge in [0.15, 0.2) is 0 Å². The number of carbonyl (C=O) groups excluding carboxylic acids is 2. The Morgan fingerprint density at radius 3 is 2.62 bits per heavy atom. The Morgan fingerprint density at radius 2 is 1.93 bits per heavy atom. The Balaban J connectivity index is 1.48. The van der Waals surface area contributed by atoms with E-state index in [1.165, 1.54) is 12.1 Å². The number of likely N-dealkylation sites (N-methyl/N-ethyl adjacent to an activating group) is 1. The van der Waals surface area contributed by atoms with Gasteiger partial charge in [0.25, 0.3) is 0 Å². The molecule has 0 aromatic heterocycles. The number of urea groups is 1. The van der Waals surface area contributed by atoms with E-state index in [-0.39, 0.29) is 30.7 Å². The summed E-state index contributed by atoms with van der Waals surface area (Å²) < 4.78 is 19.6. The maximum absolute atomic E-state index is 13.7. The maximum atomic E-state index is 13.7. The van der Waals surface area contributed by atoms with E-state index in [9.17, 15) is 19.1 Å². The maximum Gasteiger partial charge on any atom is 0.319 e. The standard InChI is InChI=1S/C20H29FN4O4/c1-24-8-10-25(11-9-24)19(27)12-14-6-7-17(18(13-26)29-14)23-20(28)22-16-5-3-2-4-15(16)21/h2-5,14,17-18,26H,6-13H2,1H3,(H2,22,23,28)/t14-,17+,18-/m1/s1.